The molecule has 0 saturated heterocycles. The van der Waals surface area contributed by atoms with Crippen LogP contribution in [-0.4, -0.2) is 103 Å². The van der Waals surface area contributed by atoms with E-state index in [1.165, 1.54) is 32.2 Å². The lowest BCUT2D eigenvalue weighted by molar-refractivity contribution is -0.121. The Morgan fingerprint density at radius 1 is 0.906 bits per heavy atom. The number of unbranched alkanes of at least 4 members (excludes halogenated alkanes) is 2. The van der Waals surface area contributed by atoms with Crippen molar-refractivity contribution in [3.05, 3.63) is 64.1 Å². The first-order valence-corrected chi connectivity index (χ1v) is 19.0. The zero-order valence-electron chi connectivity index (χ0n) is 32.8. The van der Waals surface area contributed by atoms with E-state index in [9.17, 15) is 14.4 Å². The van der Waals surface area contributed by atoms with Crippen molar-refractivity contribution in [1.29, 1.82) is 0 Å². The van der Waals surface area contributed by atoms with Gasteiger partial charge in [0.25, 0.3) is 0 Å². The fraction of sp³-hybridized carbons (Fsp3) is 0.561. The number of hydrogen-bond acceptors (Lipinski definition) is 9. The summed E-state index contributed by atoms with van der Waals surface area (Å²) in [7, 11) is 5.97. The molecule has 0 fully saturated rings. The van der Waals surface area contributed by atoms with E-state index in [1.54, 1.807) is 29.9 Å². The standard InChI is InChI=1S/C41H61N7O5/c1-41(2,3)20-7-8-22-46(4)23-9-10-24-47(5)25-11-21-43-36(50)19-18-35(49)31-14-12-30(13-15-31)29-48-38-33-17-16-32(53-27-26-52-6)28-34(33)44-39(42)37(38)45-40(48)51/h12-17,28H,7-11,18-27,29H2,1-6H3,(H2,42,44)(H,43,50)(H,45,51). The van der Waals surface area contributed by atoms with Crippen LogP contribution in [0.15, 0.2) is 47.3 Å². The Morgan fingerprint density at radius 2 is 1.57 bits per heavy atom. The number of nitrogens with one attached hydrogen (secondary N) is 2. The SMILES string of the molecule is COCCOc1ccc2c(c1)nc(N)c1[nH]c(=O)n(Cc3ccc(C(=O)CCC(=O)NCCCN(C)CCCCN(C)CCCCC(C)(C)C)cc3)c12. The number of methoxy groups -OCH3 is 1. The van der Waals surface area contributed by atoms with Crippen LogP contribution in [0.25, 0.3) is 21.9 Å². The molecule has 2 aromatic carbocycles. The van der Waals surface area contributed by atoms with Gasteiger partial charge < -0.3 is 35.3 Å². The number of imidazole rings is 1. The topological polar surface area (TPSA) is 148 Å². The molecular weight excluding hydrogens is 670 g/mol. The predicted molar refractivity (Wildman–Crippen MR) is 214 cm³/mol. The van der Waals surface area contributed by atoms with Crippen LogP contribution in [0, 0.1) is 5.41 Å². The number of aromatic amines is 1. The Balaban J connectivity index is 1.16. The van der Waals surface area contributed by atoms with E-state index in [4.69, 9.17) is 15.2 Å². The minimum Gasteiger partial charge on any atom is -0.491 e. The molecule has 1 amide bonds. The molecule has 290 valence electrons. The Labute approximate surface area is 314 Å². The summed E-state index contributed by atoms with van der Waals surface area (Å²) in [6, 6.07) is 12.6. The van der Waals surface area contributed by atoms with Crippen molar-refractivity contribution in [2.24, 2.45) is 5.41 Å². The number of hydrogen-bond donors (Lipinski definition) is 3. The van der Waals surface area contributed by atoms with Crippen molar-refractivity contribution in [3.8, 4) is 5.75 Å². The highest BCUT2D eigenvalue weighted by Crippen LogP contribution is 2.29. The molecule has 0 aliphatic rings. The lowest BCUT2D eigenvalue weighted by Crippen LogP contribution is -2.29. The number of nitrogens with zero attached hydrogens (tertiary/aromatic N) is 4. The van der Waals surface area contributed by atoms with Crippen LogP contribution in [0.1, 0.15) is 88.1 Å². The second-order valence-electron chi connectivity index (χ2n) is 15.4. The van der Waals surface area contributed by atoms with Gasteiger partial charge in [-0.25, -0.2) is 9.78 Å². The average molecular weight is 732 g/mol. The second-order valence-corrected chi connectivity index (χ2v) is 15.4. The molecule has 0 bridgehead atoms. The summed E-state index contributed by atoms with van der Waals surface area (Å²) in [6.45, 7) is 12.9. The van der Waals surface area contributed by atoms with Crippen LogP contribution in [0.2, 0.25) is 0 Å². The van der Waals surface area contributed by atoms with Crippen molar-refractivity contribution >= 4 is 39.4 Å². The van der Waals surface area contributed by atoms with Gasteiger partial charge in [0.1, 0.15) is 23.7 Å². The number of Topliss-reactive ketones (excluding diaryl/α,β-unsaturated/α-hetero) is 1. The fourth-order valence-corrected chi connectivity index (χ4v) is 6.45. The number of aromatic nitrogens is 3. The largest absolute Gasteiger partial charge is 0.491 e. The molecule has 4 rings (SSSR count). The lowest BCUT2D eigenvalue weighted by Gasteiger charge is -2.21. The first-order valence-electron chi connectivity index (χ1n) is 19.0. The van der Waals surface area contributed by atoms with Gasteiger partial charge in [-0.2, -0.15) is 0 Å². The van der Waals surface area contributed by atoms with E-state index >= 15 is 0 Å². The van der Waals surface area contributed by atoms with Crippen LogP contribution in [0.5, 0.6) is 5.75 Å². The molecule has 4 N–H and O–H groups in total. The number of ether oxygens (including phenoxy) is 2. The fourth-order valence-electron chi connectivity index (χ4n) is 6.45. The van der Waals surface area contributed by atoms with Crippen molar-refractivity contribution in [2.45, 2.75) is 78.7 Å². The number of fused-ring (bicyclic) bond motifs is 3. The van der Waals surface area contributed by atoms with E-state index in [-0.39, 0.29) is 42.6 Å². The Hall–Kier alpha value is -4.26. The molecule has 2 heterocycles. The van der Waals surface area contributed by atoms with Gasteiger partial charge in [-0.1, -0.05) is 51.5 Å². The van der Waals surface area contributed by atoms with E-state index in [1.807, 2.05) is 24.3 Å². The molecule has 4 aromatic rings. The Bertz CT molecular complexity index is 1830. The first-order chi connectivity index (χ1) is 25.3. The molecule has 2 aromatic heterocycles. The van der Waals surface area contributed by atoms with Gasteiger partial charge in [0, 0.05) is 43.5 Å². The third-order valence-corrected chi connectivity index (χ3v) is 9.54. The summed E-state index contributed by atoms with van der Waals surface area (Å²) < 4.78 is 12.4. The van der Waals surface area contributed by atoms with Gasteiger partial charge in [-0.3, -0.25) is 14.2 Å². The molecule has 0 atom stereocenters. The summed E-state index contributed by atoms with van der Waals surface area (Å²) in [5.41, 5.74) is 9.45. The van der Waals surface area contributed by atoms with Crippen molar-refractivity contribution in [2.75, 3.05) is 72.9 Å². The minimum atomic E-state index is -0.310. The number of benzene rings is 2. The minimum absolute atomic E-state index is 0.0976. The molecule has 0 unspecified atom stereocenters. The maximum atomic E-state index is 13.0. The molecule has 0 aliphatic carbocycles. The number of amides is 1. The maximum Gasteiger partial charge on any atom is 0.326 e. The van der Waals surface area contributed by atoms with Crippen LogP contribution < -0.4 is 21.5 Å². The molecular formula is C41H61N7O5. The Morgan fingerprint density at radius 3 is 2.23 bits per heavy atom. The van der Waals surface area contributed by atoms with Gasteiger partial charge in [-0.05, 0) is 95.5 Å². The van der Waals surface area contributed by atoms with Crippen molar-refractivity contribution < 1.29 is 19.1 Å². The molecule has 0 saturated carbocycles. The number of rotatable bonds is 23. The summed E-state index contributed by atoms with van der Waals surface area (Å²) in [4.78, 5) is 50.5. The second kappa shape index (κ2) is 20.3. The van der Waals surface area contributed by atoms with Crippen LogP contribution in [-0.2, 0) is 16.1 Å². The summed E-state index contributed by atoms with van der Waals surface area (Å²) in [6.07, 6.45) is 7.34. The van der Waals surface area contributed by atoms with Crippen LogP contribution in [0.3, 0.4) is 0 Å². The van der Waals surface area contributed by atoms with E-state index in [0.29, 0.717) is 53.0 Å². The molecule has 12 nitrogen and oxygen atoms in total. The molecule has 0 radical (unpaired) electrons. The van der Waals surface area contributed by atoms with E-state index in [2.05, 4.69) is 60.0 Å². The third-order valence-electron chi connectivity index (χ3n) is 9.54. The molecule has 0 aliphatic heterocycles. The summed E-state index contributed by atoms with van der Waals surface area (Å²) in [5.74, 6) is 0.636. The highest BCUT2D eigenvalue weighted by atomic mass is 16.5. The highest BCUT2D eigenvalue weighted by Gasteiger charge is 2.17. The number of nitrogens with two attached hydrogens (primary N) is 1. The normalized spacial score (nSPS) is 12.0. The van der Waals surface area contributed by atoms with Crippen LogP contribution in [0.4, 0.5) is 5.82 Å². The summed E-state index contributed by atoms with van der Waals surface area (Å²) >= 11 is 0. The van der Waals surface area contributed by atoms with Gasteiger partial charge >= 0.3 is 5.69 Å². The quantitative estimate of drug-likeness (QED) is 0.0630. The van der Waals surface area contributed by atoms with Crippen LogP contribution >= 0.6 is 0 Å². The smallest absolute Gasteiger partial charge is 0.326 e. The zero-order valence-corrected chi connectivity index (χ0v) is 32.8. The van der Waals surface area contributed by atoms with Gasteiger partial charge in [0.2, 0.25) is 5.91 Å². The third kappa shape index (κ3) is 13.3. The van der Waals surface area contributed by atoms with E-state index < -0.39 is 0 Å². The van der Waals surface area contributed by atoms with Crippen molar-refractivity contribution in [3.63, 3.8) is 0 Å². The number of carbonyl (C=O) groups is 2. The first kappa shape index (κ1) is 41.5. The van der Waals surface area contributed by atoms with Gasteiger partial charge in [0.05, 0.1) is 24.2 Å². The van der Waals surface area contributed by atoms with Gasteiger partial charge in [-0.15, -0.1) is 0 Å². The summed E-state index contributed by atoms with van der Waals surface area (Å²) in [5, 5.41) is 3.72. The average Bonchev–Trinajstić information content (AvgIpc) is 3.45. The molecule has 12 heteroatoms. The van der Waals surface area contributed by atoms with E-state index in [0.717, 1.165) is 43.4 Å². The number of anilines is 1. The zero-order chi connectivity index (χ0) is 38.4. The number of carbonyl (C=O) groups excluding carboxylic acids is 2. The Kier molecular flexibility index (Phi) is 15.9. The monoisotopic (exact) mass is 731 g/mol. The number of H-pyrrole nitrogens is 1. The number of ketones is 1. The lowest BCUT2D eigenvalue weighted by atomic mass is 9.90. The molecule has 53 heavy (non-hydrogen) atoms. The van der Waals surface area contributed by atoms with Crippen molar-refractivity contribution in [1.82, 2.24) is 29.7 Å². The molecule has 0 spiro atoms. The van der Waals surface area contributed by atoms with Gasteiger partial charge in [0.15, 0.2) is 5.78 Å². The number of pyridine rings is 1. The highest BCUT2D eigenvalue weighted by molar-refractivity contribution is 6.06. The number of nitrogen functional groups attached to an aromatic ring is 1. The maximum absolute atomic E-state index is 13.0. The predicted octanol–water partition coefficient (Wildman–Crippen LogP) is 5.86.